The van der Waals surface area contributed by atoms with Gasteiger partial charge in [-0.2, -0.15) is 0 Å². The largest absolute Gasteiger partial charge is 0.481 e. The van der Waals surface area contributed by atoms with Gasteiger partial charge in [0.05, 0.1) is 17.1 Å². The van der Waals surface area contributed by atoms with E-state index in [1.165, 1.54) is 12.1 Å². The molecule has 0 aliphatic heterocycles. The zero-order valence-electron chi connectivity index (χ0n) is 19.3. The number of halogens is 2. The molecule has 0 unspecified atom stereocenters. The number of nitrogens with zero attached hydrogens (tertiary/aromatic N) is 1. The molecule has 0 radical (unpaired) electrons. The van der Waals surface area contributed by atoms with Crippen LogP contribution in [-0.4, -0.2) is 27.9 Å². The number of carboxylic acids is 1. The zero-order chi connectivity index (χ0) is 24.5. The van der Waals surface area contributed by atoms with E-state index in [0.29, 0.717) is 11.3 Å². The number of anilines is 2. The van der Waals surface area contributed by atoms with Crippen molar-refractivity contribution in [2.24, 2.45) is 4.58 Å². The average Bonchev–Trinajstić information content (AvgIpc) is 2.64. The molecule has 3 N–H and O–H groups in total. The highest BCUT2D eigenvalue weighted by molar-refractivity contribution is 7.99. The summed E-state index contributed by atoms with van der Waals surface area (Å²) in [5.74, 6) is -1.43. The van der Waals surface area contributed by atoms with Crippen molar-refractivity contribution < 1.29 is 14.3 Å². The Morgan fingerprint density at radius 1 is 1.19 bits per heavy atom. The van der Waals surface area contributed by atoms with Crippen molar-refractivity contribution in [2.75, 3.05) is 11.9 Å². The van der Waals surface area contributed by atoms with Crippen LogP contribution >= 0.6 is 23.5 Å². The van der Waals surface area contributed by atoms with E-state index in [9.17, 15) is 14.1 Å². The molecule has 2 aromatic carbocycles. The van der Waals surface area contributed by atoms with Crippen LogP contribution in [0.4, 0.5) is 15.8 Å². The highest BCUT2D eigenvalue weighted by Crippen LogP contribution is 2.30. The van der Waals surface area contributed by atoms with Crippen molar-refractivity contribution in [3.8, 4) is 0 Å². The molecule has 0 atom stereocenters. The second-order valence-corrected chi connectivity index (χ2v) is 10.8. The minimum Gasteiger partial charge on any atom is -0.481 e. The smallest absolute Gasteiger partial charge is 0.307 e. The molecule has 0 amide bonds. The molecule has 2 aromatic rings. The fraction of sp³-hybridized carbons (Fsp3) is 0.435. The Bertz CT molecular complexity index is 913. The highest BCUT2D eigenvalue weighted by Gasteiger charge is 2.22. The first-order chi connectivity index (χ1) is 14.7. The minimum atomic E-state index is -0.946. The molecule has 9 heteroatoms. The summed E-state index contributed by atoms with van der Waals surface area (Å²) < 4.78 is 16.5. The summed E-state index contributed by atoms with van der Waals surface area (Å²) in [5, 5.41) is 15.4. The Labute approximate surface area is 198 Å². The number of hydrogen-bond acceptors (Lipinski definition) is 6. The van der Waals surface area contributed by atoms with Gasteiger partial charge in [-0.1, -0.05) is 35.4 Å². The van der Waals surface area contributed by atoms with Crippen LogP contribution in [0.1, 0.15) is 45.7 Å². The van der Waals surface area contributed by atoms with Gasteiger partial charge in [-0.05, 0) is 65.3 Å². The number of nitrogens with one attached hydrogen (secondary N) is 2. The Balaban J connectivity index is 0.000000368. The quantitative estimate of drug-likeness (QED) is 0.285. The lowest BCUT2D eigenvalue weighted by Crippen LogP contribution is -2.43. The van der Waals surface area contributed by atoms with Crippen LogP contribution in [0.15, 0.2) is 41.0 Å². The molecule has 2 rings (SSSR count). The van der Waals surface area contributed by atoms with Gasteiger partial charge < -0.3 is 15.7 Å². The first-order valence-corrected chi connectivity index (χ1v) is 11.2. The first-order valence-electron chi connectivity index (χ1n) is 10.0. The van der Waals surface area contributed by atoms with Crippen molar-refractivity contribution >= 4 is 40.9 Å². The molecule has 0 bridgehead atoms. The van der Waals surface area contributed by atoms with Crippen LogP contribution < -0.4 is 10.6 Å². The predicted octanol–water partition coefficient (Wildman–Crippen LogP) is 6.73. The lowest BCUT2D eigenvalue weighted by Gasteiger charge is -2.27. The Morgan fingerprint density at radius 2 is 1.84 bits per heavy atom. The summed E-state index contributed by atoms with van der Waals surface area (Å²) in [7, 11) is 0. The van der Waals surface area contributed by atoms with Gasteiger partial charge in [0.25, 0.3) is 0 Å². The molecule has 0 heterocycles. The summed E-state index contributed by atoms with van der Waals surface area (Å²) in [4.78, 5) is 20.9. The molecule has 0 fully saturated rings. The summed E-state index contributed by atoms with van der Waals surface area (Å²) in [6.45, 7) is 12.9. The molecule has 176 valence electrons. The zero-order valence-corrected chi connectivity index (χ0v) is 20.8. The normalized spacial score (nSPS) is 11.4. The number of aliphatic carboxylic acids is 1. The van der Waals surface area contributed by atoms with Gasteiger partial charge in [-0.3, -0.25) is 4.79 Å². The molecular formula is C23H31ClFN3O3S. The number of para-hydroxylation sites is 1. The van der Waals surface area contributed by atoms with Crippen LogP contribution in [-0.2, 0) is 11.2 Å². The lowest BCUT2D eigenvalue weighted by atomic mass is 10.1. The lowest BCUT2D eigenvalue weighted by molar-refractivity contribution is -0.136. The van der Waals surface area contributed by atoms with E-state index in [2.05, 4.69) is 36.0 Å². The summed E-state index contributed by atoms with van der Waals surface area (Å²) in [5.41, 5.74) is 2.29. The standard InChI is InChI=1S/C15H13ClFNO2.C8H18N2OS/c1-9-5-6-13(10(7-9)8-14(19)20)18-15-11(16)3-2-4-12(15)17;1-7(2,3)9-6-8(4,5)12-10-11/h2-7,18H,8H2,1H3,(H,19,20);9H,6H2,1-5H3. The minimum absolute atomic E-state index is 0.0979. The molecule has 0 saturated heterocycles. The maximum Gasteiger partial charge on any atom is 0.307 e. The molecule has 6 nitrogen and oxygen atoms in total. The van der Waals surface area contributed by atoms with Crippen molar-refractivity contribution in [2.45, 2.75) is 58.2 Å². The monoisotopic (exact) mass is 483 g/mol. The number of rotatable bonds is 8. The van der Waals surface area contributed by atoms with Gasteiger partial charge in [0, 0.05) is 39.0 Å². The molecule has 0 aromatic heterocycles. The van der Waals surface area contributed by atoms with E-state index in [4.69, 9.17) is 16.7 Å². The summed E-state index contributed by atoms with van der Waals surface area (Å²) in [6, 6.07) is 9.66. The second-order valence-electron chi connectivity index (χ2n) is 8.98. The van der Waals surface area contributed by atoms with E-state index >= 15 is 0 Å². The van der Waals surface area contributed by atoms with Crippen LogP contribution in [0.2, 0.25) is 5.02 Å². The van der Waals surface area contributed by atoms with Crippen molar-refractivity contribution in [1.82, 2.24) is 5.32 Å². The van der Waals surface area contributed by atoms with E-state index < -0.39 is 11.8 Å². The average molecular weight is 484 g/mol. The second kappa shape index (κ2) is 12.2. The SMILES string of the molecule is CC(C)(C)NCC(C)(C)SN=O.Cc1ccc(Nc2c(F)cccc2Cl)c(CC(=O)O)c1. The van der Waals surface area contributed by atoms with E-state index in [1.807, 2.05) is 26.8 Å². The van der Waals surface area contributed by atoms with Crippen molar-refractivity contribution in [3.63, 3.8) is 0 Å². The van der Waals surface area contributed by atoms with Crippen LogP contribution in [0.3, 0.4) is 0 Å². The molecule has 32 heavy (non-hydrogen) atoms. The number of carboxylic acid groups (broad SMARTS) is 1. The van der Waals surface area contributed by atoms with Crippen LogP contribution in [0, 0.1) is 17.6 Å². The third-order valence-corrected chi connectivity index (χ3v) is 5.18. The number of benzene rings is 2. The maximum atomic E-state index is 13.7. The van der Waals surface area contributed by atoms with Crippen molar-refractivity contribution in [3.05, 3.63) is 63.3 Å². The Kier molecular flexibility index (Phi) is 10.6. The molecular weight excluding hydrogens is 453 g/mol. The number of carbonyl (C=O) groups is 1. The fourth-order valence-corrected chi connectivity index (χ4v) is 3.07. The van der Waals surface area contributed by atoms with Gasteiger partial charge in [0.15, 0.2) is 0 Å². The summed E-state index contributed by atoms with van der Waals surface area (Å²) in [6.07, 6.45) is -0.143. The topological polar surface area (TPSA) is 90.8 Å². The molecule has 0 aliphatic carbocycles. The van der Waals surface area contributed by atoms with Crippen molar-refractivity contribution in [1.29, 1.82) is 0 Å². The van der Waals surface area contributed by atoms with E-state index in [0.717, 1.165) is 24.1 Å². The van der Waals surface area contributed by atoms with Crippen LogP contribution in [0.25, 0.3) is 0 Å². The molecule has 0 aliphatic rings. The Hall–Kier alpha value is -2.16. The maximum absolute atomic E-state index is 13.7. The molecule has 0 saturated carbocycles. The van der Waals surface area contributed by atoms with Gasteiger partial charge in [-0.15, -0.1) is 4.91 Å². The summed E-state index contributed by atoms with van der Waals surface area (Å²) >= 11 is 7.03. The number of nitroso groups, excluding NO2 is 1. The Morgan fingerprint density at radius 3 is 2.38 bits per heavy atom. The first kappa shape index (κ1) is 27.9. The van der Waals surface area contributed by atoms with Gasteiger partial charge in [0.2, 0.25) is 0 Å². The number of hydrogen-bond donors (Lipinski definition) is 3. The third kappa shape index (κ3) is 10.4. The van der Waals surface area contributed by atoms with E-state index in [1.54, 1.807) is 18.2 Å². The highest BCUT2D eigenvalue weighted by atomic mass is 35.5. The fourth-order valence-electron chi connectivity index (χ4n) is 2.52. The third-order valence-electron chi connectivity index (χ3n) is 4.15. The number of aryl methyl sites for hydroxylation is 1. The van der Waals surface area contributed by atoms with Gasteiger partial charge in [-0.25, -0.2) is 4.39 Å². The predicted molar refractivity (Wildman–Crippen MR) is 132 cm³/mol. The van der Waals surface area contributed by atoms with E-state index in [-0.39, 0.29) is 27.4 Å². The van der Waals surface area contributed by atoms with Crippen LogP contribution in [0.5, 0.6) is 0 Å². The van der Waals surface area contributed by atoms with Gasteiger partial charge in [0.1, 0.15) is 5.82 Å². The molecule has 0 spiro atoms. The van der Waals surface area contributed by atoms with Gasteiger partial charge >= 0.3 is 5.97 Å².